The first-order valence-corrected chi connectivity index (χ1v) is 12.2. The first-order valence-electron chi connectivity index (χ1n) is 10.8. The van der Waals surface area contributed by atoms with Crippen LogP contribution < -0.4 is 0 Å². The first kappa shape index (κ1) is 24.1. The first-order chi connectivity index (χ1) is 15.3. The molecule has 2 aromatic carbocycles. The number of morpholine rings is 1. The van der Waals surface area contributed by atoms with E-state index in [9.17, 15) is 18.0 Å². The number of benzene rings is 2. The molecule has 7 nitrogen and oxygen atoms in total. The van der Waals surface area contributed by atoms with Crippen molar-refractivity contribution in [2.45, 2.75) is 38.5 Å². The zero-order valence-electron chi connectivity index (χ0n) is 18.7. The van der Waals surface area contributed by atoms with Crippen LogP contribution in [-0.2, 0) is 32.3 Å². The fourth-order valence-electron chi connectivity index (χ4n) is 3.63. The Hall–Kier alpha value is -2.55. The van der Waals surface area contributed by atoms with E-state index in [0.29, 0.717) is 30.8 Å². The molecule has 0 amide bonds. The quantitative estimate of drug-likeness (QED) is 0.445. The molecule has 1 heterocycles. The fraction of sp³-hybridized carbons (Fsp3) is 0.417. The maximum Gasteiger partial charge on any atom is 0.338 e. The Labute approximate surface area is 189 Å². The van der Waals surface area contributed by atoms with Crippen LogP contribution in [0.5, 0.6) is 0 Å². The van der Waals surface area contributed by atoms with Crippen molar-refractivity contribution >= 4 is 21.8 Å². The van der Waals surface area contributed by atoms with Gasteiger partial charge in [0.15, 0.2) is 6.61 Å². The molecule has 0 N–H and O–H groups in total. The Bertz CT molecular complexity index is 1100. The summed E-state index contributed by atoms with van der Waals surface area (Å²) in [5.41, 5.74) is 3.12. The molecule has 172 valence electrons. The third kappa shape index (κ3) is 5.26. The number of hydrogen-bond donors (Lipinski definition) is 0. The number of sulfonamides is 1. The van der Waals surface area contributed by atoms with Gasteiger partial charge < -0.3 is 9.47 Å². The van der Waals surface area contributed by atoms with Crippen molar-refractivity contribution in [2.24, 2.45) is 0 Å². The Kier molecular flexibility index (Phi) is 7.82. The summed E-state index contributed by atoms with van der Waals surface area (Å²) < 4.78 is 37.9. The van der Waals surface area contributed by atoms with Crippen LogP contribution >= 0.6 is 0 Å². The molecular formula is C24H29NO6S. The van der Waals surface area contributed by atoms with Gasteiger partial charge in [-0.25, -0.2) is 13.2 Å². The summed E-state index contributed by atoms with van der Waals surface area (Å²) in [5.74, 6) is -1.01. The fourth-order valence-corrected chi connectivity index (χ4v) is 5.29. The predicted octanol–water partition coefficient (Wildman–Crippen LogP) is 3.18. The van der Waals surface area contributed by atoms with Crippen molar-refractivity contribution in [3.63, 3.8) is 0 Å². The number of Topliss-reactive ketones (excluding diaryl/α,β-unsaturated/α-hetero) is 1. The molecule has 2 aromatic rings. The van der Waals surface area contributed by atoms with Crippen molar-refractivity contribution in [3.05, 3.63) is 64.2 Å². The molecule has 1 fully saturated rings. The van der Waals surface area contributed by atoms with E-state index in [1.165, 1.54) is 16.4 Å². The van der Waals surface area contributed by atoms with Crippen molar-refractivity contribution < 1.29 is 27.5 Å². The molecule has 0 bridgehead atoms. The average Bonchev–Trinajstić information content (AvgIpc) is 2.82. The minimum atomic E-state index is -3.76. The number of aryl methyl sites for hydroxylation is 3. The maximum atomic E-state index is 13.0. The number of carbonyl (C=O) groups is 2. The number of carbonyl (C=O) groups excluding carboxylic acids is 2. The standard InChI is InChI=1S/C24H29NO6S/c1-4-18-7-9-19(5-2)21(14-18)22(26)16-31-24(27)20-8-6-17(3)23(15-20)32(28,29)25-10-12-30-13-11-25/h6-9,14-15H,4-5,10-13,16H2,1-3H3. The Morgan fingerprint density at radius 3 is 2.41 bits per heavy atom. The maximum absolute atomic E-state index is 13.0. The predicted molar refractivity (Wildman–Crippen MR) is 121 cm³/mol. The van der Waals surface area contributed by atoms with Crippen molar-refractivity contribution in [2.75, 3.05) is 32.9 Å². The number of esters is 1. The van der Waals surface area contributed by atoms with Crippen LogP contribution in [0.15, 0.2) is 41.3 Å². The summed E-state index contributed by atoms with van der Waals surface area (Å²) >= 11 is 0. The number of rotatable bonds is 8. The van der Waals surface area contributed by atoms with Gasteiger partial charge in [0, 0.05) is 18.7 Å². The third-order valence-corrected chi connectivity index (χ3v) is 7.65. The lowest BCUT2D eigenvalue weighted by atomic mass is 9.98. The van der Waals surface area contributed by atoms with Gasteiger partial charge in [-0.1, -0.05) is 32.0 Å². The van der Waals surface area contributed by atoms with E-state index < -0.39 is 22.6 Å². The molecule has 1 saturated heterocycles. The summed E-state index contributed by atoms with van der Waals surface area (Å²) in [7, 11) is -3.76. The topological polar surface area (TPSA) is 90.0 Å². The van der Waals surface area contributed by atoms with Gasteiger partial charge in [0.05, 0.1) is 23.7 Å². The second-order valence-corrected chi connectivity index (χ2v) is 9.60. The monoisotopic (exact) mass is 459 g/mol. The van der Waals surface area contributed by atoms with E-state index in [4.69, 9.17) is 9.47 Å². The van der Waals surface area contributed by atoms with Crippen LogP contribution in [0.1, 0.15) is 51.3 Å². The van der Waals surface area contributed by atoms with Crippen LogP contribution in [0.25, 0.3) is 0 Å². The van der Waals surface area contributed by atoms with Crippen LogP contribution in [0.2, 0.25) is 0 Å². The lowest BCUT2D eigenvalue weighted by molar-refractivity contribution is 0.0474. The van der Waals surface area contributed by atoms with E-state index in [0.717, 1.165) is 17.5 Å². The highest BCUT2D eigenvalue weighted by Gasteiger charge is 2.28. The third-order valence-electron chi connectivity index (χ3n) is 5.61. The molecule has 1 aliphatic rings. The molecule has 0 aromatic heterocycles. The molecule has 0 unspecified atom stereocenters. The van der Waals surface area contributed by atoms with Gasteiger partial charge in [-0.2, -0.15) is 4.31 Å². The van der Waals surface area contributed by atoms with Gasteiger partial charge >= 0.3 is 5.97 Å². The van der Waals surface area contributed by atoms with Crippen molar-refractivity contribution in [1.29, 1.82) is 0 Å². The van der Waals surface area contributed by atoms with Crippen LogP contribution in [0.3, 0.4) is 0 Å². The highest BCUT2D eigenvalue weighted by molar-refractivity contribution is 7.89. The van der Waals surface area contributed by atoms with Gasteiger partial charge in [-0.05, 0) is 54.7 Å². The van der Waals surface area contributed by atoms with E-state index in [-0.39, 0.29) is 29.3 Å². The van der Waals surface area contributed by atoms with E-state index in [1.54, 1.807) is 13.0 Å². The molecule has 3 rings (SSSR count). The van der Waals surface area contributed by atoms with E-state index >= 15 is 0 Å². The molecule has 0 atom stereocenters. The molecule has 0 saturated carbocycles. The smallest absolute Gasteiger partial charge is 0.338 e. The Morgan fingerprint density at radius 1 is 1.03 bits per heavy atom. The van der Waals surface area contributed by atoms with Crippen LogP contribution in [0, 0.1) is 6.92 Å². The number of hydrogen-bond acceptors (Lipinski definition) is 6. The molecule has 32 heavy (non-hydrogen) atoms. The summed E-state index contributed by atoms with van der Waals surface area (Å²) in [5, 5.41) is 0. The normalized spacial score (nSPS) is 14.8. The minimum absolute atomic E-state index is 0.0593. The average molecular weight is 460 g/mol. The minimum Gasteiger partial charge on any atom is -0.454 e. The molecule has 1 aliphatic heterocycles. The Morgan fingerprint density at radius 2 is 1.75 bits per heavy atom. The summed E-state index contributed by atoms with van der Waals surface area (Å²) in [6, 6.07) is 10.2. The van der Waals surface area contributed by atoms with E-state index in [1.807, 2.05) is 32.0 Å². The molecule has 0 radical (unpaired) electrons. The largest absolute Gasteiger partial charge is 0.454 e. The lowest BCUT2D eigenvalue weighted by Crippen LogP contribution is -2.40. The number of nitrogens with zero attached hydrogens (tertiary/aromatic N) is 1. The van der Waals surface area contributed by atoms with Gasteiger partial charge in [0.2, 0.25) is 15.8 Å². The molecular weight excluding hydrogens is 430 g/mol. The summed E-state index contributed by atoms with van der Waals surface area (Å²) in [6.07, 6.45) is 1.49. The molecule has 8 heteroatoms. The van der Waals surface area contributed by atoms with Gasteiger partial charge in [-0.15, -0.1) is 0 Å². The molecule has 0 aliphatic carbocycles. The zero-order chi connectivity index (χ0) is 23.3. The second-order valence-electron chi connectivity index (χ2n) is 7.69. The van der Waals surface area contributed by atoms with Gasteiger partial charge in [-0.3, -0.25) is 4.79 Å². The van der Waals surface area contributed by atoms with Crippen molar-refractivity contribution in [3.8, 4) is 0 Å². The highest BCUT2D eigenvalue weighted by Crippen LogP contribution is 2.23. The summed E-state index contributed by atoms with van der Waals surface area (Å²) in [4.78, 5) is 25.4. The lowest BCUT2D eigenvalue weighted by Gasteiger charge is -2.26. The second kappa shape index (κ2) is 10.4. The van der Waals surface area contributed by atoms with Crippen molar-refractivity contribution in [1.82, 2.24) is 4.31 Å². The number of ether oxygens (including phenoxy) is 2. The molecule has 0 spiro atoms. The van der Waals surface area contributed by atoms with Gasteiger partial charge in [0.25, 0.3) is 0 Å². The van der Waals surface area contributed by atoms with Gasteiger partial charge in [0.1, 0.15) is 0 Å². The highest BCUT2D eigenvalue weighted by atomic mass is 32.2. The zero-order valence-corrected chi connectivity index (χ0v) is 19.5. The Balaban J connectivity index is 1.76. The van der Waals surface area contributed by atoms with E-state index in [2.05, 4.69) is 0 Å². The van der Waals surface area contributed by atoms with Crippen LogP contribution in [0.4, 0.5) is 0 Å². The van der Waals surface area contributed by atoms with Crippen LogP contribution in [-0.4, -0.2) is 57.4 Å². The number of ketones is 1. The SMILES string of the molecule is CCc1ccc(CC)c(C(=O)COC(=O)c2ccc(C)c(S(=O)(=O)N3CCOCC3)c2)c1. The summed E-state index contributed by atoms with van der Waals surface area (Å²) in [6.45, 7) is 6.45.